The third-order valence-corrected chi connectivity index (χ3v) is 3.59. The Bertz CT molecular complexity index is 209. The van der Waals surface area contributed by atoms with Gasteiger partial charge in [0.2, 0.25) is 0 Å². The van der Waals surface area contributed by atoms with Crippen LogP contribution in [0.25, 0.3) is 0 Å². The number of aliphatic hydroxyl groups excluding tert-OH is 1. The number of hydrogen-bond acceptors (Lipinski definition) is 3. The standard InChI is InChI=1S/C12H24F2N2O/c1-15-9-12(4-2-3-5-12)10-16(6-7-17)8-11(13)14/h11,15,17H,2-10H2,1H3. The second kappa shape index (κ2) is 7.24. The monoisotopic (exact) mass is 250 g/mol. The van der Waals surface area contributed by atoms with Gasteiger partial charge in [0.15, 0.2) is 0 Å². The third-order valence-electron chi connectivity index (χ3n) is 3.59. The zero-order chi connectivity index (χ0) is 12.7. The molecule has 0 aromatic rings. The van der Waals surface area contributed by atoms with Gasteiger partial charge >= 0.3 is 0 Å². The van der Waals surface area contributed by atoms with E-state index in [9.17, 15) is 8.78 Å². The largest absolute Gasteiger partial charge is 0.395 e. The number of rotatable bonds is 8. The average molecular weight is 250 g/mol. The van der Waals surface area contributed by atoms with E-state index < -0.39 is 6.43 Å². The van der Waals surface area contributed by atoms with Crippen LogP contribution in [0, 0.1) is 5.41 Å². The van der Waals surface area contributed by atoms with E-state index >= 15 is 0 Å². The van der Waals surface area contributed by atoms with E-state index in [2.05, 4.69) is 5.32 Å². The normalized spacial score (nSPS) is 19.4. The first-order valence-corrected chi connectivity index (χ1v) is 6.38. The first-order valence-electron chi connectivity index (χ1n) is 6.38. The van der Waals surface area contributed by atoms with Gasteiger partial charge in [-0.05, 0) is 25.3 Å². The van der Waals surface area contributed by atoms with Crippen LogP contribution in [-0.4, -0.2) is 56.3 Å². The highest BCUT2D eigenvalue weighted by atomic mass is 19.3. The molecule has 2 N–H and O–H groups in total. The molecule has 0 spiro atoms. The van der Waals surface area contributed by atoms with E-state index in [1.807, 2.05) is 7.05 Å². The van der Waals surface area contributed by atoms with Gasteiger partial charge in [0, 0.05) is 19.6 Å². The summed E-state index contributed by atoms with van der Waals surface area (Å²) in [6.07, 6.45) is 2.24. The second-order valence-electron chi connectivity index (χ2n) is 5.09. The molecule has 0 heterocycles. The Morgan fingerprint density at radius 2 is 2.00 bits per heavy atom. The third kappa shape index (κ3) is 4.85. The predicted octanol–water partition coefficient (Wildman–Crippen LogP) is 1.33. The minimum Gasteiger partial charge on any atom is -0.395 e. The number of aliphatic hydroxyl groups is 1. The average Bonchev–Trinajstić information content (AvgIpc) is 2.66. The van der Waals surface area contributed by atoms with Crippen molar-refractivity contribution in [3.63, 3.8) is 0 Å². The Balaban J connectivity index is 2.54. The van der Waals surface area contributed by atoms with Crippen LogP contribution in [-0.2, 0) is 0 Å². The quantitative estimate of drug-likeness (QED) is 0.682. The summed E-state index contributed by atoms with van der Waals surface area (Å²) in [5, 5.41) is 12.1. The summed E-state index contributed by atoms with van der Waals surface area (Å²) in [5.74, 6) is 0. The fraction of sp³-hybridized carbons (Fsp3) is 1.00. The molecular formula is C12H24F2N2O. The lowest BCUT2D eigenvalue weighted by molar-refractivity contribution is 0.0518. The molecule has 0 aromatic carbocycles. The summed E-state index contributed by atoms with van der Waals surface area (Å²) in [5.41, 5.74) is 0.124. The molecule has 0 aromatic heterocycles. The molecule has 17 heavy (non-hydrogen) atoms. The zero-order valence-corrected chi connectivity index (χ0v) is 10.6. The Labute approximate surface area is 102 Å². The van der Waals surface area contributed by atoms with Gasteiger partial charge in [-0.2, -0.15) is 0 Å². The number of alkyl halides is 2. The van der Waals surface area contributed by atoms with E-state index in [0.29, 0.717) is 13.1 Å². The molecule has 0 bridgehead atoms. The first-order chi connectivity index (χ1) is 8.12. The van der Waals surface area contributed by atoms with Crippen molar-refractivity contribution in [1.82, 2.24) is 10.2 Å². The number of hydrogen-bond donors (Lipinski definition) is 2. The Kier molecular flexibility index (Phi) is 6.30. The highest BCUT2D eigenvalue weighted by Gasteiger charge is 2.35. The molecule has 1 saturated carbocycles. The SMILES string of the molecule is CNCC1(CN(CCO)CC(F)F)CCCC1. The maximum Gasteiger partial charge on any atom is 0.251 e. The number of halogens is 2. The van der Waals surface area contributed by atoms with Crippen LogP contribution in [0.2, 0.25) is 0 Å². The highest BCUT2D eigenvalue weighted by molar-refractivity contribution is 4.89. The maximum absolute atomic E-state index is 12.5. The number of nitrogens with one attached hydrogen (secondary N) is 1. The lowest BCUT2D eigenvalue weighted by Gasteiger charge is -2.35. The molecule has 5 heteroatoms. The van der Waals surface area contributed by atoms with Gasteiger partial charge in [0.25, 0.3) is 6.43 Å². The predicted molar refractivity (Wildman–Crippen MR) is 64.4 cm³/mol. The van der Waals surface area contributed by atoms with Crippen LogP contribution < -0.4 is 5.32 Å². The topological polar surface area (TPSA) is 35.5 Å². The van der Waals surface area contributed by atoms with Crippen LogP contribution in [0.4, 0.5) is 8.78 Å². The maximum atomic E-state index is 12.5. The Morgan fingerprint density at radius 1 is 1.35 bits per heavy atom. The van der Waals surface area contributed by atoms with Crippen LogP contribution >= 0.6 is 0 Å². The van der Waals surface area contributed by atoms with Crippen LogP contribution in [0.3, 0.4) is 0 Å². The lowest BCUT2D eigenvalue weighted by atomic mass is 9.85. The van der Waals surface area contributed by atoms with E-state index in [4.69, 9.17) is 5.11 Å². The van der Waals surface area contributed by atoms with Gasteiger partial charge in [-0.3, -0.25) is 4.90 Å². The first kappa shape index (κ1) is 14.8. The molecular weight excluding hydrogens is 226 g/mol. The Morgan fingerprint density at radius 3 is 2.47 bits per heavy atom. The van der Waals surface area contributed by atoms with Crippen LogP contribution in [0.5, 0.6) is 0 Å². The molecule has 0 radical (unpaired) electrons. The van der Waals surface area contributed by atoms with Gasteiger partial charge in [0.1, 0.15) is 0 Å². The molecule has 1 aliphatic carbocycles. The van der Waals surface area contributed by atoms with Crippen molar-refractivity contribution in [2.24, 2.45) is 5.41 Å². The highest BCUT2D eigenvalue weighted by Crippen LogP contribution is 2.38. The zero-order valence-electron chi connectivity index (χ0n) is 10.6. The fourth-order valence-electron chi connectivity index (χ4n) is 2.94. The van der Waals surface area contributed by atoms with E-state index in [1.54, 1.807) is 4.90 Å². The molecule has 3 nitrogen and oxygen atoms in total. The van der Waals surface area contributed by atoms with Gasteiger partial charge in [-0.15, -0.1) is 0 Å². The molecule has 0 amide bonds. The lowest BCUT2D eigenvalue weighted by Crippen LogP contribution is -2.44. The van der Waals surface area contributed by atoms with Crippen LogP contribution in [0.15, 0.2) is 0 Å². The number of nitrogens with zero attached hydrogens (tertiary/aromatic N) is 1. The second-order valence-corrected chi connectivity index (χ2v) is 5.09. The summed E-state index contributed by atoms with van der Waals surface area (Å²) >= 11 is 0. The molecule has 1 rings (SSSR count). The minimum absolute atomic E-state index is 0.0532. The molecule has 0 atom stereocenters. The van der Waals surface area contributed by atoms with Crippen molar-refractivity contribution in [2.45, 2.75) is 32.1 Å². The van der Waals surface area contributed by atoms with Gasteiger partial charge < -0.3 is 10.4 Å². The van der Waals surface area contributed by atoms with Gasteiger partial charge in [-0.25, -0.2) is 8.78 Å². The molecule has 102 valence electrons. The van der Waals surface area contributed by atoms with E-state index in [-0.39, 0.29) is 18.6 Å². The fourth-order valence-corrected chi connectivity index (χ4v) is 2.94. The van der Waals surface area contributed by atoms with Crippen molar-refractivity contribution in [3.8, 4) is 0 Å². The molecule has 0 aliphatic heterocycles. The smallest absolute Gasteiger partial charge is 0.251 e. The molecule has 0 saturated heterocycles. The minimum atomic E-state index is -2.32. The van der Waals surface area contributed by atoms with Gasteiger partial charge in [0.05, 0.1) is 13.2 Å². The molecule has 0 unspecified atom stereocenters. The summed E-state index contributed by atoms with van der Waals surface area (Å²) < 4.78 is 24.9. The van der Waals surface area contributed by atoms with Crippen molar-refractivity contribution >= 4 is 0 Å². The summed E-state index contributed by atoms with van der Waals surface area (Å²) in [6, 6.07) is 0. The summed E-state index contributed by atoms with van der Waals surface area (Å²) in [6.45, 7) is 1.60. The van der Waals surface area contributed by atoms with Gasteiger partial charge in [-0.1, -0.05) is 12.8 Å². The van der Waals surface area contributed by atoms with Crippen molar-refractivity contribution < 1.29 is 13.9 Å². The van der Waals surface area contributed by atoms with E-state index in [0.717, 1.165) is 19.4 Å². The van der Waals surface area contributed by atoms with Crippen molar-refractivity contribution in [2.75, 3.05) is 39.8 Å². The summed E-state index contributed by atoms with van der Waals surface area (Å²) in [7, 11) is 1.91. The Hall–Kier alpha value is -0.260. The summed E-state index contributed by atoms with van der Waals surface area (Å²) in [4.78, 5) is 1.70. The molecule has 1 fully saturated rings. The molecule has 1 aliphatic rings. The van der Waals surface area contributed by atoms with Crippen molar-refractivity contribution in [1.29, 1.82) is 0 Å². The van der Waals surface area contributed by atoms with Crippen LogP contribution in [0.1, 0.15) is 25.7 Å². The van der Waals surface area contributed by atoms with E-state index in [1.165, 1.54) is 12.8 Å². The van der Waals surface area contributed by atoms with Crippen molar-refractivity contribution in [3.05, 3.63) is 0 Å².